The fourth-order valence-electron chi connectivity index (χ4n) is 5.19. The number of hydrogen-bond donors (Lipinski definition) is 1. The number of rotatable bonds is 3. The lowest BCUT2D eigenvalue weighted by Gasteiger charge is -2.36. The molecular weight excluding hydrogens is 326 g/mol. The molecule has 0 saturated heterocycles. The summed E-state index contributed by atoms with van der Waals surface area (Å²) in [5.41, 5.74) is 1.65. The summed E-state index contributed by atoms with van der Waals surface area (Å²) in [4.78, 5) is 26.7. The largest absolute Gasteiger partial charge is 0.497 e. The van der Waals surface area contributed by atoms with Crippen molar-refractivity contribution in [1.29, 1.82) is 0 Å². The molecule has 4 atom stereocenters. The van der Waals surface area contributed by atoms with E-state index in [-0.39, 0.29) is 29.4 Å². The van der Waals surface area contributed by atoms with Crippen LogP contribution in [0.1, 0.15) is 22.3 Å². The van der Waals surface area contributed by atoms with E-state index >= 15 is 0 Å². The van der Waals surface area contributed by atoms with Crippen molar-refractivity contribution in [1.82, 2.24) is 0 Å². The van der Waals surface area contributed by atoms with Crippen molar-refractivity contribution in [3.63, 3.8) is 0 Å². The van der Waals surface area contributed by atoms with Crippen LogP contribution in [0.4, 0.5) is 5.69 Å². The number of benzene rings is 2. The molecule has 1 spiro atoms. The third-order valence-electron chi connectivity index (χ3n) is 6.27. The van der Waals surface area contributed by atoms with Gasteiger partial charge in [0.05, 0.1) is 12.5 Å². The van der Waals surface area contributed by atoms with Gasteiger partial charge in [0.25, 0.3) is 0 Å². The van der Waals surface area contributed by atoms with Gasteiger partial charge in [-0.3, -0.25) is 9.59 Å². The molecule has 1 amide bonds. The lowest BCUT2D eigenvalue weighted by Crippen LogP contribution is -2.48. The van der Waals surface area contributed by atoms with E-state index in [2.05, 4.69) is 17.5 Å². The quantitative estimate of drug-likeness (QED) is 0.683. The second kappa shape index (κ2) is 5.31. The molecule has 2 aromatic rings. The smallest absolute Gasteiger partial charge is 0.236 e. The van der Waals surface area contributed by atoms with Crippen molar-refractivity contribution in [2.45, 2.75) is 11.8 Å². The lowest BCUT2D eigenvalue weighted by atomic mass is 9.63. The summed E-state index contributed by atoms with van der Waals surface area (Å²) >= 11 is 0. The third-order valence-corrected chi connectivity index (χ3v) is 6.27. The molecule has 4 nitrogen and oxygen atoms in total. The summed E-state index contributed by atoms with van der Waals surface area (Å²) in [6.07, 6.45) is 5.11. The number of ether oxygens (including phenoxy) is 1. The number of Topliss-reactive ketones (excluding diaryl/α,β-unsaturated/α-hetero) is 1. The van der Waals surface area contributed by atoms with E-state index in [1.165, 1.54) is 0 Å². The highest BCUT2D eigenvalue weighted by molar-refractivity contribution is 6.13. The fourth-order valence-corrected chi connectivity index (χ4v) is 5.19. The van der Waals surface area contributed by atoms with Crippen molar-refractivity contribution in [2.75, 3.05) is 12.4 Å². The Hall–Kier alpha value is -2.88. The summed E-state index contributed by atoms with van der Waals surface area (Å²) in [7, 11) is 1.60. The number of amides is 1. The van der Waals surface area contributed by atoms with Crippen LogP contribution in [0.3, 0.4) is 0 Å². The van der Waals surface area contributed by atoms with Crippen LogP contribution in [-0.2, 0) is 10.2 Å². The lowest BCUT2D eigenvalue weighted by molar-refractivity contribution is -0.122. The van der Waals surface area contributed by atoms with Gasteiger partial charge in [-0.25, -0.2) is 0 Å². The van der Waals surface area contributed by atoms with Gasteiger partial charge in [0.1, 0.15) is 5.75 Å². The summed E-state index contributed by atoms with van der Waals surface area (Å²) in [6.45, 7) is 0. The molecule has 4 unspecified atom stereocenters. The van der Waals surface area contributed by atoms with Gasteiger partial charge in [-0.15, -0.1) is 0 Å². The maximum absolute atomic E-state index is 13.5. The van der Waals surface area contributed by atoms with Crippen molar-refractivity contribution in [3.05, 3.63) is 71.8 Å². The first kappa shape index (κ1) is 15.4. The van der Waals surface area contributed by atoms with Gasteiger partial charge in [-0.1, -0.05) is 30.4 Å². The number of ketones is 1. The summed E-state index contributed by atoms with van der Waals surface area (Å²) in [6, 6.07) is 15.0. The number of methoxy groups -OCH3 is 1. The molecule has 2 aromatic carbocycles. The average molecular weight is 345 g/mol. The van der Waals surface area contributed by atoms with Crippen LogP contribution in [0.25, 0.3) is 0 Å². The molecule has 5 rings (SSSR count). The number of para-hydroxylation sites is 1. The minimum atomic E-state index is -0.785. The van der Waals surface area contributed by atoms with Crippen LogP contribution in [0.15, 0.2) is 60.7 Å². The second-order valence-electron chi connectivity index (χ2n) is 7.33. The molecule has 0 radical (unpaired) electrons. The Morgan fingerprint density at radius 3 is 2.65 bits per heavy atom. The van der Waals surface area contributed by atoms with E-state index in [0.717, 1.165) is 17.7 Å². The van der Waals surface area contributed by atoms with Crippen LogP contribution in [0.2, 0.25) is 0 Å². The minimum absolute atomic E-state index is 0.0383. The molecule has 1 heterocycles. The number of carbonyl (C=O) groups is 2. The number of carbonyl (C=O) groups excluding carboxylic acids is 2. The Labute approximate surface area is 151 Å². The molecule has 3 aliphatic rings. The molecular formula is C22H19NO3. The third kappa shape index (κ3) is 1.79. The highest BCUT2D eigenvalue weighted by Crippen LogP contribution is 2.61. The number of anilines is 1. The monoisotopic (exact) mass is 345 g/mol. The SMILES string of the molecule is COc1ccc(C(=O)C2C3C=CC(C3)C23C(=O)Nc2ccccc23)cc1. The molecule has 0 aromatic heterocycles. The Morgan fingerprint density at radius 2 is 1.88 bits per heavy atom. The first-order valence-electron chi connectivity index (χ1n) is 8.94. The van der Waals surface area contributed by atoms with Crippen LogP contribution in [0.5, 0.6) is 5.75 Å². The molecule has 1 aliphatic heterocycles. The summed E-state index contributed by atoms with van der Waals surface area (Å²) < 4.78 is 5.19. The van der Waals surface area contributed by atoms with Gasteiger partial charge < -0.3 is 10.1 Å². The highest BCUT2D eigenvalue weighted by Gasteiger charge is 2.66. The van der Waals surface area contributed by atoms with Gasteiger partial charge in [-0.05, 0) is 54.2 Å². The van der Waals surface area contributed by atoms with E-state index in [4.69, 9.17) is 4.74 Å². The maximum Gasteiger partial charge on any atom is 0.236 e. The van der Waals surface area contributed by atoms with Crippen molar-refractivity contribution >= 4 is 17.4 Å². The van der Waals surface area contributed by atoms with Gasteiger partial charge >= 0.3 is 0 Å². The zero-order valence-corrected chi connectivity index (χ0v) is 14.4. The van der Waals surface area contributed by atoms with Crippen LogP contribution >= 0.6 is 0 Å². The van der Waals surface area contributed by atoms with Crippen LogP contribution in [0, 0.1) is 17.8 Å². The average Bonchev–Trinajstić information content (AvgIpc) is 3.35. The Kier molecular flexibility index (Phi) is 3.14. The summed E-state index contributed by atoms with van der Waals surface area (Å²) in [5.74, 6) is 0.524. The zero-order valence-electron chi connectivity index (χ0n) is 14.4. The van der Waals surface area contributed by atoms with E-state index in [1.54, 1.807) is 31.4 Å². The first-order valence-corrected chi connectivity index (χ1v) is 8.94. The molecule has 4 heteroatoms. The van der Waals surface area contributed by atoms with E-state index in [1.807, 2.05) is 24.3 Å². The molecule has 2 aliphatic carbocycles. The Morgan fingerprint density at radius 1 is 1.12 bits per heavy atom. The number of allylic oxidation sites excluding steroid dienone is 2. The van der Waals surface area contributed by atoms with Crippen molar-refractivity contribution in [3.8, 4) is 5.75 Å². The van der Waals surface area contributed by atoms with Gasteiger partial charge in [0.15, 0.2) is 5.78 Å². The Balaban J connectivity index is 1.65. The molecule has 1 saturated carbocycles. The first-order chi connectivity index (χ1) is 12.7. The highest BCUT2D eigenvalue weighted by atomic mass is 16.5. The predicted molar refractivity (Wildman–Crippen MR) is 98.3 cm³/mol. The van der Waals surface area contributed by atoms with E-state index < -0.39 is 5.41 Å². The molecule has 1 fully saturated rings. The van der Waals surface area contributed by atoms with Gasteiger partial charge in [-0.2, -0.15) is 0 Å². The molecule has 26 heavy (non-hydrogen) atoms. The van der Waals surface area contributed by atoms with Crippen molar-refractivity contribution < 1.29 is 14.3 Å². The molecule has 1 N–H and O–H groups in total. The van der Waals surface area contributed by atoms with Gasteiger partial charge in [0.2, 0.25) is 5.91 Å². The Bertz CT molecular complexity index is 946. The maximum atomic E-state index is 13.5. The normalized spacial score (nSPS) is 30.5. The topological polar surface area (TPSA) is 55.4 Å². The van der Waals surface area contributed by atoms with Crippen LogP contribution < -0.4 is 10.1 Å². The molecule has 130 valence electrons. The van der Waals surface area contributed by atoms with Gasteiger partial charge in [0, 0.05) is 17.2 Å². The van der Waals surface area contributed by atoms with E-state index in [9.17, 15) is 9.59 Å². The predicted octanol–water partition coefficient (Wildman–Crippen LogP) is 3.59. The number of nitrogens with one attached hydrogen (secondary N) is 1. The van der Waals surface area contributed by atoms with Crippen molar-refractivity contribution in [2.24, 2.45) is 17.8 Å². The second-order valence-corrected chi connectivity index (χ2v) is 7.33. The number of fused-ring (bicyclic) bond motifs is 5. The van der Waals surface area contributed by atoms with E-state index in [0.29, 0.717) is 11.3 Å². The fraction of sp³-hybridized carbons (Fsp3) is 0.273. The van der Waals surface area contributed by atoms with Crippen LogP contribution in [-0.4, -0.2) is 18.8 Å². The summed E-state index contributed by atoms with van der Waals surface area (Å²) in [5, 5.41) is 3.02. The zero-order chi connectivity index (χ0) is 17.9. The molecule has 2 bridgehead atoms. The standard InChI is InChI=1S/C22H19NO3/c1-26-16-10-7-13(8-11-16)20(24)19-14-6-9-15(12-14)22(19)17-4-2-3-5-18(17)23-21(22)25/h2-11,14-15,19H,12H2,1H3,(H,23,25). The number of hydrogen-bond acceptors (Lipinski definition) is 3. The minimum Gasteiger partial charge on any atom is -0.497 e.